The molecule has 24 heavy (non-hydrogen) atoms. The number of carbonyl (C=O) groups excluding carboxylic acids is 1. The lowest BCUT2D eigenvalue weighted by Gasteiger charge is -2.05. The molecule has 0 radical (unpaired) electrons. The predicted molar refractivity (Wildman–Crippen MR) is 86.7 cm³/mol. The number of hydrogen-bond donors (Lipinski definition) is 1. The summed E-state index contributed by atoms with van der Waals surface area (Å²) in [5, 5.41) is 9.82. The Labute approximate surface area is 138 Å². The second kappa shape index (κ2) is 5.01. The lowest BCUT2D eigenvalue weighted by molar-refractivity contribution is 0.103. The van der Waals surface area contributed by atoms with Crippen molar-refractivity contribution in [1.82, 2.24) is 4.98 Å². The number of phenols is 1. The molecule has 1 aromatic heterocycles. The van der Waals surface area contributed by atoms with E-state index in [1.165, 1.54) is 30.5 Å². The normalized spacial score (nSPS) is 14.0. The highest BCUT2D eigenvalue weighted by atomic mass is 32.2. The fraction of sp³-hybridized carbons (Fsp3) is 0. The topological polar surface area (TPSA) is 84.3 Å². The summed E-state index contributed by atoms with van der Waals surface area (Å²) in [7, 11) is -3.69. The standard InChI is InChI=1S/C18H11NO4S/c20-14-7-3-1-5-12(14)18(21)11-9-16-17(19-10-11)13-6-2-4-8-15(13)24(16,22)23/h1-10,20H. The van der Waals surface area contributed by atoms with Crippen molar-refractivity contribution in [3.05, 3.63) is 71.9 Å². The maximum absolute atomic E-state index is 12.7. The Morgan fingerprint density at radius 3 is 2.46 bits per heavy atom. The number of hydrogen-bond acceptors (Lipinski definition) is 5. The zero-order valence-corrected chi connectivity index (χ0v) is 13.1. The van der Waals surface area contributed by atoms with Gasteiger partial charge in [0.1, 0.15) is 5.75 Å². The molecule has 118 valence electrons. The summed E-state index contributed by atoms with van der Waals surface area (Å²) >= 11 is 0. The van der Waals surface area contributed by atoms with E-state index in [-0.39, 0.29) is 26.7 Å². The SMILES string of the molecule is O=C(c1cnc2c(c1)S(=O)(=O)c1ccccc1-2)c1ccccc1O. The van der Waals surface area contributed by atoms with Gasteiger partial charge in [0.15, 0.2) is 5.78 Å². The van der Waals surface area contributed by atoms with E-state index in [1.807, 2.05) is 0 Å². The van der Waals surface area contributed by atoms with Crippen LogP contribution in [0.4, 0.5) is 0 Å². The second-order valence-electron chi connectivity index (χ2n) is 5.42. The first-order chi connectivity index (χ1) is 11.5. The first-order valence-electron chi connectivity index (χ1n) is 7.17. The van der Waals surface area contributed by atoms with Crippen molar-refractivity contribution in [3.63, 3.8) is 0 Å². The minimum absolute atomic E-state index is 0.0185. The van der Waals surface area contributed by atoms with Crippen LogP contribution >= 0.6 is 0 Å². The van der Waals surface area contributed by atoms with Crippen LogP contribution in [0.2, 0.25) is 0 Å². The average molecular weight is 337 g/mol. The molecule has 1 N–H and O–H groups in total. The van der Waals surface area contributed by atoms with Gasteiger partial charge in [-0.25, -0.2) is 8.42 Å². The lowest BCUT2D eigenvalue weighted by atomic mass is 10.0. The Morgan fingerprint density at radius 2 is 1.67 bits per heavy atom. The molecule has 0 aliphatic carbocycles. The van der Waals surface area contributed by atoms with Gasteiger partial charge in [0.2, 0.25) is 9.84 Å². The molecular weight excluding hydrogens is 326 g/mol. The zero-order chi connectivity index (χ0) is 16.9. The van der Waals surface area contributed by atoms with Gasteiger partial charge in [-0.05, 0) is 24.3 Å². The van der Waals surface area contributed by atoms with E-state index in [2.05, 4.69) is 4.98 Å². The van der Waals surface area contributed by atoms with E-state index < -0.39 is 15.6 Å². The number of pyridine rings is 1. The molecule has 1 aliphatic heterocycles. The Kier molecular flexibility index (Phi) is 3.04. The Bertz CT molecular complexity index is 1100. The highest BCUT2D eigenvalue weighted by Gasteiger charge is 2.34. The van der Waals surface area contributed by atoms with Gasteiger partial charge in [0.05, 0.1) is 21.0 Å². The molecule has 0 bridgehead atoms. The number of nitrogens with zero attached hydrogens (tertiary/aromatic N) is 1. The van der Waals surface area contributed by atoms with E-state index in [0.29, 0.717) is 11.3 Å². The molecule has 0 spiro atoms. The van der Waals surface area contributed by atoms with Crippen LogP contribution in [0, 0.1) is 0 Å². The van der Waals surface area contributed by atoms with Crippen LogP contribution in [0.5, 0.6) is 5.75 Å². The Balaban J connectivity index is 1.89. The maximum Gasteiger partial charge on any atom is 0.209 e. The molecule has 0 amide bonds. The van der Waals surface area contributed by atoms with Crippen molar-refractivity contribution in [3.8, 4) is 17.0 Å². The molecule has 0 atom stereocenters. The van der Waals surface area contributed by atoms with Crippen molar-refractivity contribution < 1.29 is 18.3 Å². The lowest BCUT2D eigenvalue weighted by Crippen LogP contribution is -2.05. The van der Waals surface area contributed by atoms with Crippen LogP contribution in [0.15, 0.2) is 70.6 Å². The van der Waals surface area contributed by atoms with Gasteiger partial charge in [0.25, 0.3) is 0 Å². The smallest absolute Gasteiger partial charge is 0.209 e. The largest absolute Gasteiger partial charge is 0.507 e. The van der Waals surface area contributed by atoms with Gasteiger partial charge < -0.3 is 5.11 Å². The van der Waals surface area contributed by atoms with E-state index in [9.17, 15) is 18.3 Å². The summed E-state index contributed by atoms with van der Waals surface area (Å²) in [5.74, 6) is -0.635. The predicted octanol–water partition coefficient (Wildman–Crippen LogP) is 2.83. The number of aromatic nitrogens is 1. The third kappa shape index (κ3) is 1.97. The molecular formula is C18H11NO4S. The Hall–Kier alpha value is -2.99. The van der Waals surface area contributed by atoms with Gasteiger partial charge in [-0.3, -0.25) is 9.78 Å². The van der Waals surface area contributed by atoms with Crippen LogP contribution in [-0.4, -0.2) is 24.3 Å². The first kappa shape index (κ1) is 14.6. The van der Waals surface area contributed by atoms with E-state index >= 15 is 0 Å². The molecule has 0 unspecified atom stereocenters. The number of ketones is 1. The number of para-hydroxylation sites is 1. The monoisotopic (exact) mass is 337 g/mol. The third-order valence-corrected chi connectivity index (χ3v) is 5.81. The summed E-state index contributed by atoms with van der Waals surface area (Å²) in [4.78, 5) is 17.0. The quantitative estimate of drug-likeness (QED) is 0.569. The highest BCUT2D eigenvalue weighted by Crippen LogP contribution is 2.42. The van der Waals surface area contributed by atoms with Crippen LogP contribution in [-0.2, 0) is 9.84 Å². The molecule has 3 aromatic rings. The molecule has 6 heteroatoms. The number of phenolic OH excluding ortho intramolecular Hbond substituents is 1. The summed E-state index contributed by atoms with van der Waals surface area (Å²) in [6.45, 7) is 0. The summed E-state index contributed by atoms with van der Waals surface area (Å²) in [6, 6.07) is 14.0. The molecule has 4 rings (SSSR count). The highest BCUT2D eigenvalue weighted by molar-refractivity contribution is 7.92. The number of rotatable bonds is 2. The van der Waals surface area contributed by atoms with Gasteiger partial charge in [0, 0.05) is 17.3 Å². The average Bonchev–Trinajstić information content (AvgIpc) is 2.83. The van der Waals surface area contributed by atoms with Crippen molar-refractivity contribution in [1.29, 1.82) is 0 Å². The summed E-state index contributed by atoms with van der Waals surface area (Å²) < 4.78 is 25.3. The van der Waals surface area contributed by atoms with Gasteiger partial charge in [-0.1, -0.05) is 30.3 Å². The maximum atomic E-state index is 12.7. The first-order valence-corrected chi connectivity index (χ1v) is 8.66. The third-order valence-electron chi connectivity index (χ3n) is 3.98. The van der Waals surface area contributed by atoms with Crippen molar-refractivity contribution in [2.75, 3.05) is 0 Å². The second-order valence-corrected chi connectivity index (χ2v) is 7.30. The number of benzene rings is 2. The van der Waals surface area contributed by atoms with Gasteiger partial charge >= 0.3 is 0 Å². The van der Waals surface area contributed by atoms with Crippen LogP contribution in [0.1, 0.15) is 15.9 Å². The number of aromatic hydroxyl groups is 1. The summed E-state index contributed by atoms with van der Waals surface area (Å²) in [5.41, 5.74) is 1.10. The van der Waals surface area contributed by atoms with E-state index in [0.717, 1.165) is 0 Å². The van der Waals surface area contributed by atoms with Crippen LogP contribution < -0.4 is 0 Å². The van der Waals surface area contributed by atoms with Crippen LogP contribution in [0.25, 0.3) is 11.3 Å². The molecule has 0 saturated carbocycles. The number of carbonyl (C=O) groups is 1. The van der Waals surface area contributed by atoms with Gasteiger partial charge in [-0.15, -0.1) is 0 Å². The number of fused-ring (bicyclic) bond motifs is 3. The fourth-order valence-corrected chi connectivity index (χ4v) is 4.46. The molecule has 2 aromatic carbocycles. The molecule has 0 saturated heterocycles. The van der Waals surface area contributed by atoms with Crippen molar-refractivity contribution >= 4 is 15.6 Å². The van der Waals surface area contributed by atoms with E-state index in [1.54, 1.807) is 30.3 Å². The van der Waals surface area contributed by atoms with Crippen molar-refractivity contribution in [2.45, 2.75) is 9.79 Å². The molecule has 1 aliphatic rings. The summed E-state index contributed by atoms with van der Waals surface area (Å²) in [6.07, 6.45) is 1.34. The minimum atomic E-state index is -3.69. The van der Waals surface area contributed by atoms with E-state index in [4.69, 9.17) is 0 Å². The molecule has 5 nitrogen and oxygen atoms in total. The van der Waals surface area contributed by atoms with Gasteiger partial charge in [-0.2, -0.15) is 0 Å². The minimum Gasteiger partial charge on any atom is -0.507 e. The molecule has 0 fully saturated rings. The fourth-order valence-electron chi connectivity index (χ4n) is 2.81. The van der Waals surface area contributed by atoms with Crippen LogP contribution in [0.3, 0.4) is 0 Å². The zero-order valence-electron chi connectivity index (χ0n) is 12.3. The van der Waals surface area contributed by atoms with Crippen molar-refractivity contribution in [2.24, 2.45) is 0 Å². The number of sulfone groups is 1. The molecule has 2 heterocycles. The Morgan fingerprint density at radius 1 is 0.958 bits per heavy atom.